The predicted molar refractivity (Wildman–Crippen MR) is 120 cm³/mol. The molecule has 2 heterocycles. The Morgan fingerprint density at radius 1 is 1.21 bits per heavy atom. The average Bonchev–Trinajstić information content (AvgIpc) is 3.07. The first-order valence-corrected chi connectivity index (χ1v) is 11.1. The molecule has 10 heteroatoms. The average molecular weight is 502 g/mol. The Morgan fingerprint density at radius 2 is 1.93 bits per heavy atom. The minimum atomic E-state index is -0.769. The van der Waals surface area contributed by atoms with Gasteiger partial charge in [-0.2, -0.15) is 0 Å². The van der Waals surface area contributed by atoms with E-state index in [4.69, 9.17) is 16.3 Å². The molecule has 1 saturated heterocycles. The smallest absolute Gasteiger partial charge is 0.399 e. The van der Waals surface area contributed by atoms with Gasteiger partial charge in [0.05, 0.1) is 10.0 Å². The van der Waals surface area contributed by atoms with E-state index < -0.39 is 12.1 Å². The summed E-state index contributed by atoms with van der Waals surface area (Å²) in [6, 6.07) is 8.16. The quantitative estimate of drug-likeness (QED) is 0.647. The molecule has 29 heavy (non-hydrogen) atoms. The van der Waals surface area contributed by atoms with Gasteiger partial charge in [0.25, 0.3) is 0 Å². The summed E-state index contributed by atoms with van der Waals surface area (Å²) in [5.74, 6) is -0.342. The van der Waals surface area contributed by atoms with Gasteiger partial charge in [-0.05, 0) is 60.2 Å². The second-order valence-corrected chi connectivity index (χ2v) is 9.29. The number of hydrogen-bond donors (Lipinski definition) is 2. The molecule has 2 aromatic rings. The lowest BCUT2D eigenvalue weighted by Crippen LogP contribution is -2.44. The van der Waals surface area contributed by atoms with Crippen LogP contribution < -0.4 is 20.3 Å². The summed E-state index contributed by atoms with van der Waals surface area (Å²) in [4.78, 5) is 28.9. The fourth-order valence-corrected chi connectivity index (χ4v) is 4.36. The maximum absolute atomic E-state index is 12.4. The number of anilines is 2. The van der Waals surface area contributed by atoms with Gasteiger partial charge in [0.15, 0.2) is 5.06 Å². The molecule has 1 fully saturated rings. The van der Waals surface area contributed by atoms with Crippen LogP contribution >= 0.6 is 38.9 Å². The highest BCUT2D eigenvalue weighted by molar-refractivity contribution is 9.10. The highest BCUT2D eigenvalue weighted by Gasteiger charge is 2.19. The highest BCUT2D eigenvalue weighted by Crippen LogP contribution is 2.30. The maximum Gasteiger partial charge on any atom is 0.414 e. The van der Waals surface area contributed by atoms with Gasteiger partial charge in [0, 0.05) is 36.3 Å². The van der Waals surface area contributed by atoms with Crippen molar-refractivity contribution < 1.29 is 14.3 Å². The molecule has 2 amide bonds. The van der Waals surface area contributed by atoms with Crippen LogP contribution in [0.5, 0.6) is 5.06 Å². The van der Waals surface area contributed by atoms with Crippen LogP contribution in [-0.2, 0) is 4.79 Å². The van der Waals surface area contributed by atoms with Crippen molar-refractivity contribution in [3.05, 3.63) is 39.1 Å². The van der Waals surface area contributed by atoms with E-state index in [2.05, 4.69) is 43.4 Å². The molecule has 156 valence electrons. The number of rotatable bonds is 5. The molecule has 0 aliphatic carbocycles. The van der Waals surface area contributed by atoms with Crippen LogP contribution in [0.15, 0.2) is 34.8 Å². The summed E-state index contributed by atoms with van der Waals surface area (Å²) < 4.78 is 6.53. The lowest BCUT2D eigenvalue weighted by molar-refractivity contribution is -0.117. The van der Waals surface area contributed by atoms with E-state index in [-0.39, 0.29) is 5.91 Å². The van der Waals surface area contributed by atoms with Crippen molar-refractivity contribution in [1.82, 2.24) is 10.2 Å². The molecule has 1 aliphatic heterocycles. The summed E-state index contributed by atoms with van der Waals surface area (Å²) in [5.41, 5.74) is 1.74. The maximum atomic E-state index is 12.4. The molecule has 7 nitrogen and oxygen atoms in total. The molecular weight excluding hydrogens is 480 g/mol. The number of benzene rings is 1. The van der Waals surface area contributed by atoms with Crippen molar-refractivity contribution in [2.24, 2.45) is 0 Å². The fourth-order valence-electron chi connectivity index (χ4n) is 2.85. The predicted octanol–water partition coefficient (Wildman–Crippen LogP) is 4.03. The van der Waals surface area contributed by atoms with Gasteiger partial charge in [0.2, 0.25) is 5.91 Å². The molecule has 0 radical (unpaired) electrons. The molecule has 1 atom stereocenters. The van der Waals surface area contributed by atoms with Crippen LogP contribution in [0.2, 0.25) is 4.34 Å². The minimum absolute atomic E-state index is 0.342. The van der Waals surface area contributed by atoms with Crippen molar-refractivity contribution >= 4 is 62.2 Å². The first-order valence-electron chi connectivity index (χ1n) is 9.09. The van der Waals surface area contributed by atoms with Crippen LogP contribution in [-0.4, -0.2) is 56.2 Å². The molecule has 3 rings (SSSR count). The lowest BCUT2D eigenvalue weighted by atomic mass is 10.2. The van der Waals surface area contributed by atoms with Crippen molar-refractivity contribution in [2.75, 3.05) is 43.4 Å². The summed E-state index contributed by atoms with van der Waals surface area (Å²) in [6.45, 7) is 5.54. The number of nitrogens with zero attached hydrogens (tertiary/aromatic N) is 2. The van der Waals surface area contributed by atoms with Crippen LogP contribution in [0.1, 0.15) is 6.92 Å². The molecule has 1 aromatic heterocycles. The van der Waals surface area contributed by atoms with Crippen molar-refractivity contribution in [3.8, 4) is 5.06 Å². The van der Waals surface area contributed by atoms with E-state index in [1.807, 2.05) is 18.2 Å². The number of thiophene rings is 1. The number of halogens is 2. The first kappa shape index (κ1) is 21.9. The molecule has 2 N–H and O–H groups in total. The normalized spacial score (nSPS) is 15.7. The topological polar surface area (TPSA) is 73.9 Å². The van der Waals surface area contributed by atoms with E-state index >= 15 is 0 Å². The zero-order valence-electron chi connectivity index (χ0n) is 16.1. The van der Waals surface area contributed by atoms with Crippen molar-refractivity contribution in [3.63, 3.8) is 0 Å². The monoisotopic (exact) mass is 500 g/mol. The fraction of sp³-hybridized carbons (Fsp3) is 0.368. The van der Waals surface area contributed by atoms with Crippen molar-refractivity contribution in [1.29, 1.82) is 0 Å². The first-order chi connectivity index (χ1) is 13.8. The van der Waals surface area contributed by atoms with E-state index in [0.717, 1.165) is 47.7 Å². The number of hydrogen-bond acceptors (Lipinski definition) is 6. The van der Waals surface area contributed by atoms with Crippen LogP contribution in [0, 0.1) is 0 Å². The molecule has 1 aliphatic rings. The Hall–Kier alpha value is -1.81. The Bertz CT molecular complexity index is 886. The standard InChI is InChI=1S/C19H22BrClN4O3S/c1-12(22-19(27)28-17-6-5-16(21)29-17)18(26)23-13-3-4-15(14(20)11-13)25-9-7-24(2)8-10-25/h3-6,11-12H,7-10H2,1-2H3,(H,22,27)(H,23,26). The SMILES string of the molecule is CC(NC(=O)Oc1ccc(Cl)s1)C(=O)Nc1ccc(N2CCN(C)CC2)c(Br)c1. The Labute approximate surface area is 187 Å². The molecular formula is C19H22BrClN4O3S. The van der Waals surface area contributed by atoms with Gasteiger partial charge < -0.3 is 25.2 Å². The summed E-state index contributed by atoms with van der Waals surface area (Å²) in [6.07, 6.45) is -0.710. The number of carbonyl (C=O) groups is 2. The zero-order chi connectivity index (χ0) is 21.0. The van der Waals surface area contributed by atoms with Gasteiger partial charge in [-0.1, -0.05) is 22.9 Å². The van der Waals surface area contributed by atoms with Crippen LogP contribution in [0.3, 0.4) is 0 Å². The third-order valence-electron chi connectivity index (χ3n) is 4.53. The summed E-state index contributed by atoms with van der Waals surface area (Å²) in [7, 11) is 2.12. The summed E-state index contributed by atoms with van der Waals surface area (Å²) >= 11 is 10.5. The second-order valence-electron chi connectivity index (χ2n) is 6.76. The van der Waals surface area contributed by atoms with E-state index in [1.165, 1.54) is 0 Å². The third-order valence-corrected chi connectivity index (χ3v) is 6.27. The highest BCUT2D eigenvalue weighted by atomic mass is 79.9. The second kappa shape index (κ2) is 9.80. The number of carbonyl (C=O) groups excluding carboxylic acids is 2. The molecule has 1 aromatic carbocycles. The molecule has 1 unspecified atom stereocenters. The number of amides is 2. The van der Waals surface area contributed by atoms with Gasteiger partial charge in [0.1, 0.15) is 6.04 Å². The number of ether oxygens (including phenoxy) is 1. The van der Waals surface area contributed by atoms with Gasteiger partial charge in [-0.15, -0.1) is 0 Å². The summed E-state index contributed by atoms with van der Waals surface area (Å²) in [5, 5.41) is 5.68. The van der Waals surface area contributed by atoms with E-state index in [0.29, 0.717) is 15.1 Å². The Balaban J connectivity index is 1.54. The Morgan fingerprint density at radius 3 is 2.55 bits per heavy atom. The molecule has 0 saturated carbocycles. The van der Waals surface area contributed by atoms with E-state index in [9.17, 15) is 9.59 Å². The van der Waals surface area contributed by atoms with Crippen molar-refractivity contribution in [2.45, 2.75) is 13.0 Å². The lowest BCUT2D eigenvalue weighted by Gasteiger charge is -2.34. The van der Waals surface area contributed by atoms with E-state index in [1.54, 1.807) is 19.1 Å². The largest absolute Gasteiger partial charge is 0.414 e. The zero-order valence-corrected chi connectivity index (χ0v) is 19.2. The number of nitrogens with one attached hydrogen (secondary N) is 2. The van der Waals surface area contributed by atoms with Gasteiger partial charge >= 0.3 is 6.09 Å². The van der Waals surface area contributed by atoms with Crippen LogP contribution in [0.25, 0.3) is 0 Å². The van der Waals surface area contributed by atoms with Crippen LogP contribution in [0.4, 0.5) is 16.2 Å². The minimum Gasteiger partial charge on any atom is -0.399 e. The molecule has 0 bridgehead atoms. The van der Waals surface area contributed by atoms with Gasteiger partial charge in [-0.3, -0.25) is 4.79 Å². The molecule has 0 spiro atoms. The number of likely N-dealkylation sites (N-methyl/N-ethyl adjacent to an activating group) is 1. The van der Waals surface area contributed by atoms with Gasteiger partial charge in [-0.25, -0.2) is 4.79 Å². The Kier molecular flexibility index (Phi) is 7.39. The number of piperazine rings is 1. The third kappa shape index (κ3) is 6.08.